The van der Waals surface area contributed by atoms with E-state index in [1.54, 1.807) is 0 Å². The van der Waals surface area contributed by atoms with Crippen LogP contribution in [-0.2, 0) is 12.8 Å². The first-order chi connectivity index (χ1) is 8.29. The number of thiazole rings is 1. The van der Waals surface area contributed by atoms with E-state index in [2.05, 4.69) is 22.6 Å². The summed E-state index contributed by atoms with van der Waals surface area (Å²) in [6.07, 6.45) is 6.27. The molecular weight excluding hydrogens is 230 g/mol. The van der Waals surface area contributed by atoms with E-state index in [1.807, 2.05) is 18.4 Å². The average molecular weight is 253 g/mol. The molecule has 1 atom stereocenters. The van der Waals surface area contributed by atoms with E-state index in [-0.39, 0.29) is 0 Å². The van der Waals surface area contributed by atoms with Crippen molar-refractivity contribution < 1.29 is 0 Å². The Hall–Kier alpha value is -0.450. The van der Waals surface area contributed by atoms with Crippen molar-refractivity contribution in [1.82, 2.24) is 15.2 Å². The van der Waals surface area contributed by atoms with Gasteiger partial charge in [-0.1, -0.05) is 6.42 Å². The van der Waals surface area contributed by atoms with E-state index >= 15 is 0 Å². The second-order valence-electron chi connectivity index (χ2n) is 4.92. The van der Waals surface area contributed by atoms with Gasteiger partial charge in [-0.25, -0.2) is 4.98 Å². The van der Waals surface area contributed by atoms with Gasteiger partial charge in [0.1, 0.15) is 0 Å². The fourth-order valence-electron chi connectivity index (χ4n) is 2.41. The molecule has 2 heterocycles. The SMILES string of the molecule is CNCCc1csc(CC2CCCCN2C)n1. The first-order valence-corrected chi connectivity index (χ1v) is 7.45. The van der Waals surface area contributed by atoms with E-state index in [9.17, 15) is 0 Å². The van der Waals surface area contributed by atoms with Gasteiger partial charge in [-0.05, 0) is 33.5 Å². The number of hydrogen-bond acceptors (Lipinski definition) is 4. The van der Waals surface area contributed by atoms with Crippen LogP contribution >= 0.6 is 11.3 Å². The second kappa shape index (κ2) is 6.47. The summed E-state index contributed by atoms with van der Waals surface area (Å²) in [6.45, 7) is 2.27. The summed E-state index contributed by atoms with van der Waals surface area (Å²) < 4.78 is 0. The van der Waals surface area contributed by atoms with Crippen molar-refractivity contribution in [3.05, 3.63) is 16.1 Å². The smallest absolute Gasteiger partial charge is 0.0943 e. The fourth-order valence-corrected chi connectivity index (χ4v) is 3.32. The molecule has 3 nitrogen and oxygen atoms in total. The number of rotatable bonds is 5. The minimum atomic E-state index is 0.715. The van der Waals surface area contributed by atoms with Gasteiger partial charge in [0.2, 0.25) is 0 Å². The van der Waals surface area contributed by atoms with Gasteiger partial charge < -0.3 is 10.2 Å². The molecule has 1 saturated heterocycles. The molecule has 96 valence electrons. The zero-order valence-electron chi connectivity index (χ0n) is 10.9. The fraction of sp³-hybridized carbons (Fsp3) is 0.769. The molecule has 0 aliphatic carbocycles. The van der Waals surface area contributed by atoms with Crippen LogP contribution in [0.15, 0.2) is 5.38 Å². The largest absolute Gasteiger partial charge is 0.319 e. The number of piperidine rings is 1. The molecule has 0 saturated carbocycles. The summed E-state index contributed by atoms with van der Waals surface area (Å²) >= 11 is 1.83. The Morgan fingerprint density at radius 2 is 2.41 bits per heavy atom. The molecule has 0 bridgehead atoms. The quantitative estimate of drug-likeness (QED) is 0.869. The molecule has 1 aliphatic heterocycles. The maximum Gasteiger partial charge on any atom is 0.0943 e. The summed E-state index contributed by atoms with van der Waals surface area (Å²) in [7, 11) is 4.24. The molecule has 0 aromatic carbocycles. The lowest BCUT2D eigenvalue weighted by Crippen LogP contribution is -2.37. The van der Waals surface area contributed by atoms with Crippen molar-refractivity contribution in [1.29, 1.82) is 0 Å². The molecule has 1 aliphatic rings. The van der Waals surface area contributed by atoms with Gasteiger partial charge >= 0.3 is 0 Å². The highest BCUT2D eigenvalue weighted by Crippen LogP contribution is 2.21. The van der Waals surface area contributed by atoms with E-state index in [4.69, 9.17) is 4.98 Å². The Bertz CT molecular complexity index is 337. The lowest BCUT2D eigenvalue weighted by atomic mass is 10.0. The van der Waals surface area contributed by atoms with Crippen molar-refractivity contribution >= 4 is 11.3 Å². The van der Waals surface area contributed by atoms with Gasteiger partial charge in [0.25, 0.3) is 0 Å². The van der Waals surface area contributed by atoms with Crippen molar-refractivity contribution in [3.63, 3.8) is 0 Å². The van der Waals surface area contributed by atoms with Gasteiger partial charge in [-0.3, -0.25) is 0 Å². The number of nitrogens with zero attached hydrogens (tertiary/aromatic N) is 2. The van der Waals surface area contributed by atoms with Crippen molar-refractivity contribution in [2.45, 2.75) is 38.1 Å². The normalized spacial score (nSPS) is 21.9. The summed E-state index contributed by atoms with van der Waals surface area (Å²) in [4.78, 5) is 7.23. The summed E-state index contributed by atoms with van der Waals surface area (Å²) in [6, 6.07) is 0.715. The van der Waals surface area contributed by atoms with E-state index < -0.39 is 0 Å². The monoisotopic (exact) mass is 253 g/mol. The van der Waals surface area contributed by atoms with Crippen molar-refractivity contribution in [2.24, 2.45) is 0 Å². The molecule has 1 aromatic heterocycles. The molecule has 1 N–H and O–H groups in total. The van der Waals surface area contributed by atoms with Gasteiger partial charge in [0, 0.05) is 30.8 Å². The van der Waals surface area contributed by atoms with E-state index in [0.29, 0.717) is 6.04 Å². The molecule has 1 aromatic rings. The summed E-state index contributed by atoms with van der Waals surface area (Å²) in [5.41, 5.74) is 1.25. The Labute approximate surface area is 108 Å². The number of aromatic nitrogens is 1. The zero-order valence-corrected chi connectivity index (χ0v) is 11.7. The summed E-state index contributed by atoms with van der Waals surface area (Å²) in [5, 5.41) is 6.70. The minimum absolute atomic E-state index is 0.715. The first-order valence-electron chi connectivity index (χ1n) is 6.57. The topological polar surface area (TPSA) is 28.2 Å². The van der Waals surface area contributed by atoms with Gasteiger partial charge in [0.15, 0.2) is 0 Å². The summed E-state index contributed by atoms with van der Waals surface area (Å²) in [5.74, 6) is 0. The Morgan fingerprint density at radius 3 is 3.18 bits per heavy atom. The molecular formula is C13H23N3S. The van der Waals surface area contributed by atoms with Crippen LogP contribution < -0.4 is 5.32 Å². The highest BCUT2D eigenvalue weighted by molar-refractivity contribution is 7.09. The molecule has 4 heteroatoms. The first kappa shape index (κ1) is 13.0. The second-order valence-corrected chi connectivity index (χ2v) is 5.86. The van der Waals surface area contributed by atoms with Crippen molar-refractivity contribution in [2.75, 3.05) is 27.2 Å². The van der Waals surface area contributed by atoms with Crippen molar-refractivity contribution in [3.8, 4) is 0 Å². The standard InChI is InChI=1S/C13H23N3S/c1-14-7-6-11-10-17-13(15-11)9-12-5-3-4-8-16(12)2/h10,12,14H,3-9H2,1-2H3. The van der Waals surface area contributed by atoms with Crippen LogP contribution in [0.2, 0.25) is 0 Å². The molecule has 17 heavy (non-hydrogen) atoms. The van der Waals surface area contributed by atoms with Gasteiger partial charge in [-0.2, -0.15) is 0 Å². The predicted molar refractivity (Wildman–Crippen MR) is 73.7 cm³/mol. The minimum Gasteiger partial charge on any atom is -0.319 e. The van der Waals surface area contributed by atoms with Crippen LogP contribution in [0.5, 0.6) is 0 Å². The molecule has 0 spiro atoms. The Balaban J connectivity index is 1.87. The Kier molecular flexibility index (Phi) is 4.95. The maximum atomic E-state index is 4.73. The lowest BCUT2D eigenvalue weighted by molar-refractivity contribution is 0.184. The van der Waals surface area contributed by atoms with Gasteiger partial charge in [0.05, 0.1) is 10.7 Å². The molecule has 1 unspecified atom stereocenters. The third kappa shape index (κ3) is 3.76. The van der Waals surface area contributed by atoms with Crippen LogP contribution in [0.3, 0.4) is 0 Å². The highest BCUT2D eigenvalue weighted by Gasteiger charge is 2.20. The molecule has 0 amide bonds. The van der Waals surface area contributed by atoms with Crippen LogP contribution in [0, 0.1) is 0 Å². The number of nitrogens with one attached hydrogen (secondary N) is 1. The van der Waals surface area contributed by atoms with Crippen LogP contribution in [-0.4, -0.2) is 43.1 Å². The third-order valence-electron chi connectivity index (χ3n) is 3.56. The average Bonchev–Trinajstić information content (AvgIpc) is 2.77. The third-order valence-corrected chi connectivity index (χ3v) is 4.48. The molecule has 0 radical (unpaired) electrons. The highest BCUT2D eigenvalue weighted by atomic mass is 32.1. The molecule has 1 fully saturated rings. The number of likely N-dealkylation sites (tertiary alicyclic amines) is 1. The number of likely N-dealkylation sites (N-methyl/N-ethyl adjacent to an activating group) is 2. The lowest BCUT2D eigenvalue weighted by Gasteiger charge is -2.31. The van der Waals surface area contributed by atoms with Crippen LogP contribution in [0.4, 0.5) is 0 Å². The van der Waals surface area contributed by atoms with E-state index in [0.717, 1.165) is 19.4 Å². The number of hydrogen-bond donors (Lipinski definition) is 1. The molecule has 2 rings (SSSR count). The Morgan fingerprint density at radius 1 is 1.53 bits per heavy atom. The maximum absolute atomic E-state index is 4.73. The van der Waals surface area contributed by atoms with Gasteiger partial charge in [-0.15, -0.1) is 11.3 Å². The van der Waals surface area contributed by atoms with Crippen LogP contribution in [0.25, 0.3) is 0 Å². The van der Waals surface area contributed by atoms with E-state index in [1.165, 1.54) is 36.5 Å². The van der Waals surface area contributed by atoms with Crippen LogP contribution in [0.1, 0.15) is 30.0 Å². The zero-order chi connectivity index (χ0) is 12.1. The predicted octanol–water partition coefficient (Wildman–Crippen LogP) is 1.93.